The molecule has 0 aliphatic rings. The Labute approximate surface area is 164 Å². The molecule has 0 saturated carbocycles. The molecule has 0 amide bonds. The summed E-state index contributed by atoms with van der Waals surface area (Å²) in [5.74, 6) is 0.453. The quantitative estimate of drug-likeness (QED) is 0.503. The van der Waals surface area contributed by atoms with Crippen LogP contribution in [0.2, 0.25) is 5.02 Å². The van der Waals surface area contributed by atoms with Gasteiger partial charge in [0.05, 0.1) is 7.11 Å². The predicted octanol–water partition coefficient (Wildman–Crippen LogP) is 4.66. The van der Waals surface area contributed by atoms with E-state index >= 15 is 0 Å². The zero-order chi connectivity index (χ0) is 20.1. The number of methoxy groups -OCH3 is 1. The molecule has 0 aliphatic carbocycles. The Morgan fingerprint density at radius 3 is 2.41 bits per heavy atom. The molecule has 146 valence electrons. The Morgan fingerprint density at radius 1 is 1.15 bits per heavy atom. The van der Waals surface area contributed by atoms with Crippen LogP contribution in [0.4, 0.5) is 0 Å². The maximum Gasteiger partial charge on any atom is 0.326 e. The minimum Gasteiger partial charge on any atom is -0.496 e. The number of para-hydroxylation sites is 1. The first kappa shape index (κ1) is 21.3. The van der Waals surface area contributed by atoms with Gasteiger partial charge in [0.2, 0.25) is 0 Å². The van der Waals surface area contributed by atoms with E-state index in [1.807, 2.05) is 12.1 Å². The van der Waals surface area contributed by atoms with Crippen LogP contribution in [-0.2, 0) is 20.7 Å². The number of nitrogens with one attached hydrogen (secondary N) is 1. The second kappa shape index (κ2) is 8.79. The Balaban J connectivity index is 2.00. The van der Waals surface area contributed by atoms with Crippen molar-refractivity contribution in [2.24, 2.45) is 0 Å². The molecule has 2 rings (SSSR count). The van der Waals surface area contributed by atoms with Gasteiger partial charge in [0.1, 0.15) is 23.6 Å². The molecule has 27 heavy (non-hydrogen) atoms. The first-order valence-electron chi connectivity index (χ1n) is 8.24. The van der Waals surface area contributed by atoms with E-state index in [4.69, 9.17) is 25.6 Å². The van der Waals surface area contributed by atoms with Crippen molar-refractivity contribution in [3.05, 3.63) is 59.1 Å². The molecule has 0 spiro atoms. The summed E-state index contributed by atoms with van der Waals surface area (Å²) in [7, 11) is -1.79. The molecular weight excluding hydrogens is 389 g/mol. The average Bonchev–Trinajstić information content (AvgIpc) is 2.60. The molecule has 0 saturated heterocycles. The lowest BCUT2D eigenvalue weighted by molar-refractivity contribution is -0.150. The second-order valence-corrected chi connectivity index (χ2v) is 9.05. The molecule has 0 heterocycles. The fourth-order valence-corrected chi connectivity index (χ4v) is 4.22. The van der Waals surface area contributed by atoms with Gasteiger partial charge in [-0.2, -0.15) is 0 Å². The lowest BCUT2D eigenvalue weighted by Gasteiger charge is -2.28. The van der Waals surface area contributed by atoms with Crippen LogP contribution in [0.3, 0.4) is 0 Å². The largest absolute Gasteiger partial charge is 0.496 e. The number of benzene rings is 2. The van der Waals surface area contributed by atoms with Crippen molar-refractivity contribution in [1.29, 1.82) is 0 Å². The van der Waals surface area contributed by atoms with Crippen LogP contribution in [0, 0.1) is 0 Å². The van der Waals surface area contributed by atoms with Crippen LogP contribution in [0.5, 0.6) is 11.5 Å². The Kier molecular flexibility index (Phi) is 6.93. The lowest BCUT2D eigenvalue weighted by Crippen LogP contribution is -2.46. The molecule has 0 radical (unpaired) electrons. The minimum absolute atomic E-state index is 0.0417. The number of hydrogen-bond acceptors (Lipinski definition) is 5. The molecule has 8 heteroatoms. The van der Waals surface area contributed by atoms with Gasteiger partial charge in [-0.15, -0.1) is 0 Å². The van der Waals surface area contributed by atoms with Crippen molar-refractivity contribution in [2.75, 3.05) is 13.8 Å². The van der Waals surface area contributed by atoms with Crippen molar-refractivity contribution in [1.82, 2.24) is 5.09 Å². The van der Waals surface area contributed by atoms with Crippen LogP contribution < -0.4 is 14.3 Å². The van der Waals surface area contributed by atoms with Crippen molar-refractivity contribution in [3.63, 3.8) is 0 Å². The van der Waals surface area contributed by atoms with Crippen LogP contribution in [0.1, 0.15) is 19.4 Å². The van der Waals surface area contributed by atoms with E-state index in [2.05, 4.69) is 5.09 Å². The number of rotatable bonds is 8. The number of hydrogen-bond donors (Lipinski definition) is 1. The fraction of sp³-hybridized carbons (Fsp3) is 0.316. The van der Waals surface area contributed by atoms with Gasteiger partial charge in [0, 0.05) is 17.3 Å². The van der Waals surface area contributed by atoms with Gasteiger partial charge in [0.25, 0.3) is 0 Å². The van der Waals surface area contributed by atoms with Crippen molar-refractivity contribution in [3.8, 4) is 11.5 Å². The predicted molar refractivity (Wildman–Crippen MR) is 106 cm³/mol. The molecule has 1 unspecified atom stereocenters. The van der Waals surface area contributed by atoms with Crippen molar-refractivity contribution >= 4 is 25.1 Å². The van der Waals surface area contributed by atoms with Crippen LogP contribution in [0.15, 0.2) is 48.5 Å². The van der Waals surface area contributed by atoms with Gasteiger partial charge >= 0.3 is 13.5 Å². The number of carbonyl (C=O) groups excluding carboxylic acids is 1. The van der Waals surface area contributed by atoms with E-state index < -0.39 is 19.0 Å². The molecule has 2 aromatic carbocycles. The zero-order valence-corrected chi connectivity index (χ0v) is 17.3. The summed E-state index contributed by atoms with van der Waals surface area (Å²) in [5.41, 5.74) is -0.486. The first-order chi connectivity index (χ1) is 12.6. The highest BCUT2D eigenvalue weighted by Gasteiger charge is 2.36. The molecule has 6 nitrogen and oxygen atoms in total. The molecule has 1 atom stereocenters. The first-order valence-corrected chi connectivity index (χ1v) is 10.7. The summed E-state index contributed by atoms with van der Waals surface area (Å²) in [6.45, 7) is 4.61. The normalized spacial score (nSPS) is 13.5. The van der Waals surface area contributed by atoms with Gasteiger partial charge in [-0.25, -0.2) is 5.09 Å². The third-order valence-electron chi connectivity index (χ3n) is 3.64. The highest BCUT2D eigenvalue weighted by molar-refractivity contribution is 7.56. The summed E-state index contributed by atoms with van der Waals surface area (Å²) in [6, 6.07) is 13.7. The van der Waals surface area contributed by atoms with Gasteiger partial charge < -0.3 is 14.0 Å². The third kappa shape index (κ3) is 6.28. The molecule has 0 aromatic heterocycles. The van der Waals surface area contributed by atoms with Gasteiger partial charge in [-0.05, 0) is 44.2 Å². The van der Waals surface area contributed by atoms with E-state index in [-0.39, 0.29) is 6.61 Å². The SMILES string of the molecule is COc1ccccc1COC(=O)C(C)(C)NP(C)(=O)Oc1ccc(Cl)cc1. The van der Waals surface area contributed by atoms with E-state index in [9.17, 15) is 9.36 Å². The standard InChI is InChI=1S/C19H23ClNO5P/c1-19(2,18(22)25-13-14-7-5-6-8-17(14)24-3)21-27(4,23)26-16-11-9-15(20)10-12-16/h5-12H,13H2,1-4H3,(H,21,23). The van der Waals surface area contributed by atoms with Crippen LogP contribution in [0.25, 0.3) is 0 Å². The lowest BCUT2D eigenvalue weighted by atomic mass is 10.1. The zero-order valence-electron chi connectivity index (χ0n) is 15.7. The maximum absolute atomic E-state index is 12.8. The topological polar surface area (TPSA) is 73.9 Å². The smallest absolute Gasteiger partial charge is 0.326 e. The maximum atomic E-state index is 12.8. The summed E-state index contributed by atoms with van der Waals surface area (Å²) >= 11 is 5.83. The Morgan fingerprint density at radius 2 is 1.78 bits per heavy atom. The molecule has 0 aliphatic heterocycles. The van der Waals surface area contributed by atoms with Gasteiger partial charge in [0.15, 0.2) is 0 Å². The number of ether oxygens (including phenoxy) is 2. The van der Waals surface area contributed by atoms with Crippen LogP contribution >= 0.6 is 19.1 Å². The Hall–Kier alpha value is -2.01. The molecule has 2 aromatic rings. The summed E-state index contributed by atoms with van der Waals surface area (Å²) in [4.78, 5) is 12.5. The summed E-state index contributed by atoms with van der Waals surface area (Å²) in [6.07, 6.45) is 0. The van der Waals surface area contributed by atoms with Crippen molar-refractivity contribution < 1.29 is 23.4 Å². The average molecular weight is 412 g/mol. The molecule has 0 bridgehead atoms. The van der Waals surface area contributed by atoms with Gasteiger partial charge in [-0.3, -0.25) is 9.36 Å². The van der Waals surface area contributed by atoms with E-state index in [1.165, 1.54) is 6.66 Å². The number of halogens is 1. The summed E-state index contributed by atoms with van der Waals surface area (Å²) in [5, 5.41) is 3.30. The fourth-order valence-electron chi connectivity index (χ4n) is 2.42. The van der Waals surface area contributed by atoms with E-state index in [1.54, 1.807) is 57.4 Å². The van der Waals surface area contributed by atoms with Gasteiger partial charge in [-0.1, -0.05) is 29.8 Å². The monoisotopic (exact) mass is 411 g/mol. The molecular formula is C19H23ClNO5P. The number of esters is 1. The molecule has 0 fully saturated rings. The minimum atomic E-state index is -3.33. The Bertz CT molecular complexity index is 838. The van der Waals surface area contributed by atoms with Crippen molar-refractivity contribution in [2.45, 2.75) is 26.0 Å². The van der Waals surface area contributed by atoms with E-state index in [0.717, 1.165) is 5.56 Å². The second-order valence-electron chi connectivity index (χ2n) is 6.52. The highest BCUT2D eigenvalue weighted by Crippen LogP contribution is 2.41. The van der Waals surface area contributed by atoms with E-state index in [0.29, 0.717) is 16.5 Å². The number of carbonyl (C=O) groups is 1. The van der Waals surface area contributed by atoms with Crippen LogP contribution in [-0.4, -0.2) is 25.3 Å². The molecule has 1 N–H and O–H groups in total. The summed E-state index contributed by atoms with van der Waals surface area (Å²) < 4.78 is 28.9. The highest BCUT2D eigenvalue weighted by atomic mass is 35.5. The third-order valence-corrected chi connectivity index (χ3v) is 5.41.